The molecular formula is C28H33N5O5S. The van der Waals surface area contributed by atoms with Gasteiger partial charge in [0.25, 0.3) is 5.79 Å². The number of hydrogen-bond acceptors (Lipinski definition) is 8. The summed E-state index contributed by atoms with van der Waals surface area (Å²) in [4.78, 5) is 19.0. The molecule has 3 atom stereocenters. The molecule has 3 aromatic rings. The van der Waals surface area contributed by atoms with Crippen molar-refractivity contribution >= 4 is 17.7 Å². The molecule has 4 aliphatic rings. The number of likely N-dealkylation sites (tertiary alicyclic amines) is 1. The molecule has 0 spiro atoms. The van der Waals surface area contributed by atoms with Crippen LogP contribution in [-0.2, 0) is 41.9 Å². The fourth-order valence-corrected chi connectivity index (χ4v) is 7.20. The number of thioether (sulfide) groups is 1. The van der Waals surface area contributed by atoms with Gasteiger partial charge in [0.2, 0.25) is 0 Å². The Labute approximate surface area is 231 Å². The minimum Gasteiger partial charge on any atom is -0.480 e. The van der Waals surface area contributed by atoms with E-state index in [9.17, 15) is 9.90 Å². The van der Waals surface area contributed by atoms with E-state index in [1.807, 2.05) is 32.3 Å². The van der Waals surface area contributed by atoms with Gasteiger partial charge in [-0.15, -0.1) is 0 Å². The number of carboxylic acid groups (broad SMARTS) is 1. The molecule has 4 aliphatic heterocycles. The molecule has 2 saturated heterocycles. The van der Waals surface area contributed by atoms with Gasteiger partial charge >= 0.3 is 5.97 Å². The predicted octanol–water partition coefficient (Wildman–Crippen LogP) is 3.53. The van der Waals surface area contributed by atoms with Crippen molar-refractivity contribution in [1.82, 2.24) is 24.2 Å². The Hall–Kier alpha value is -3.02. The zero-order chi connectivity index (χ0) is 26.7. The van der Waals surface area contributed by atoms with Gasteiger partial charge in [-0.2, -0.15) is 5.10 Å². The molecular weight excluding hydrogens is 518 g/mol. The van der Waals surface area contributed by atoms with E-state index in [4.69, 9.17) is 19.2 Å². The third kappa shape index (κ3) is 4.50. The maximum atomic E-state index is 11.6. The number of aliphatic carboxylic acids is 1. The number of imidazole rings is 1. The minimum absolute atomic E-state index is 0.195. The molecule has 0 saturated carbocycles. The monoisotopic (exact) mass is 551 g/mol. The summed E-state index contributed by atoms with van der Waals surface area (Å²) in [5.74, 6) is 1.31. The summed E-state index contributed by atoms with van der Waals surface area (Å²) in [7, 11) is 1.89. The third-order valence-corrected chi connectivity index (χ3v) is 9.59. The highest BCUT2D eigenvalue weighted by atomic mass is 32.2. The van der Waals surface area contributed by atoms with Gasteiger partial charge in [0, 0.05) is 38.8 Å². The van der Waals surface area contributed by atoms with Gasteiger partial charge in [0.1, 0.15) is 21.8 Å². The topological polar surface area (TPSA) is 104 Å². The average molecular weight is 552 g/mol. The number of ether oxygens (including phenoxy) is 3. The largest absolute Gasteiger partial charge is 0.480 e. The van der Waals surface area contributed by atoms with Crippen LogP contribution in [0.1, 0.15) is 54.9 Å². The van der Waals surface area contributed by atoms with Gasteiger partial charge in [0.05, 0.1) is 24.9 Å². The van der Waals surface area contributed by atoms with Crippen LogP contribution in [0.4, 0.5) is 0 Å². The van der Waals surface area contributed by atoms with Crippen molar-refractivity contribution in [3.8, 4) is 11.5 Å². The second-order valence-electron chi connectivity index (χ2n) is 11.1. The first-order valence-electron chi connectivity index (χ1n) is 13.7. The summed E-state index contributed by atoms with van der Waals surface area (Å²) >= 11 is 1.38. The van der Waals surface area contributed by atoms with Gasteiger partial charge in [-0.05, 0) is 50.4 Å². The number of nitrogens with zero attached hydrogens (tertiary/aromatic N) is 5. The van der Waals surface area contributed by atoms with Gasteiger partial charge in [0.15, 0.2) is 11.5 Å². The average Bonchev–Trinajstić information content (AvgIpc) is 3.64. The quantitative estimate of drug-likeness (QED) is 0.472. The van der Waals surface area contributed by atoms with Crippen LogP contribution in [-0.4, -0.2) is 66.4 Å². The van der Waals surface area contributed by atoms with Crippen molar-refractivity contribution in [2.24, 2.45) is 7.05 Å². The van der Waals surface area contributed by atoms with Crippen molar-refractivity contribution in [2.45, 2.75) is 73.8 Å². The van der Waals surface area contributed by atoms with Crippen LogP contribution in [0.15, 0.2) is 35.5 Å². The van der Waals surface area contributed by atoms with E-state index < -0.39 is 17.0 Å². The number of carboxylic acids is 1. The minimum atomic E-state index is -0.931. The maximum absolute atomic E-state index is 11.6. The number of aromatic nitrogens is 4. The van der Waals surface area contributed by atoms with Crippen LogP contribution in [0, 0.1) is 0 Å². The van der Waals surface area contributed by atoms with Gasteiger partial charge in [-0.3, -0.25) is 14.4 Å². The summed E-state index contributed by atoms with van der Waals surface area (Å²) in [6.07, 6.45) is 5.69. The lowest BCUT2D eigenvalue weighted by atomic mass is 9.88. The van der Waals surface area contributed by atoms with Crippen molar-refractivity contribution in [3.05, 3.63) is 53.2 Å². The normalized spacial score (nSPS) is 26.5. The van der Waals surface area contributed by atoms with Crippen molar-refractivity contribution in [1.29, 1.82) is 0 Å². The highest BCUT2D eigenvalue weighted by Crippen LogP contribution is 2.49. The molecule has 206 valence electrons. The molecule has 0 aliphatic carbocycles. The number of piperidine rings is 1. The van der Waals surface area contributed by atoms with E-state index in [2.05, 4.69) is 26.7 Å². The van der Waals surface area contributed by atoms with Crippen LogP contribution in [0.25, 0.3) is 0 Å². The predicted molar refractivity (Wildman–Crippen MR) is 143 cm³/mol. The molecule has 7 rings (SSSR count). The lowest BCUT2D eigenvalue weighted by molar-refractivity contribution is -0.136. The first-order chi connectivity index (χ1) is 18.9. The molecule has 1 aromatic carbocycles. The number of benzene rings is 1. The second-order valence-corrected chi connectivity index (χ2v) is 12.3. The van der Waals surface area contributed by atoms with Crippen LogP contribution >= 0.6 is 11.8 Å². The molecule has 0 bridgehead atoms. The number of aryl methyl sites for hydroxylation is 1. The van der Waals surface area contributed by atoms with E-state index in [0.29, 0.717) is 12.3 Å². The molecule has 2 aromatic heterocycles. The third-order valence-electron chi connectivity index (χ3n) is 8.38. The molecule has 1 unspecified atom stereocenters. The lowest BCUT2D eigenvalue weighted by Crippen LogP contribution is -2.36. The maximum Gasteiger partial charge on any atom is 0.317 e. The number of rotatable bonds is 7. The Morgan fingerprint density at radius 3 is 2.72 bits per heavy atom. The summed E-state index contributed by atoms with van der Waals surface area (Å²) in [5.41, 5.74) is 3.01. The van der Waals surface area contributed by atoms with Crippen molar-refractivity contribution in [2.75, 3.05) is 19.7 Å². The highest BCUT2D eigenvalue weighted by molar-refractivity contribution is 8.00. The van der Waals surface area contributed by atoms with Crippen LogP contribution < -0.4 is 9.47 Å². The van der Waals surface area contributed by atoms with Crippen LogP contribution in [0.3, 0.4) is 0 Å². The van der Waals surface area contributed by atoms with Gasteiger partial charge in [-0.1, -0.05) is 23.9 Å². The van der Waals surface area contributed by atoms with E-state index >= 15 is 0 Å². The fourth-order valence-electron chi connectivity index (χ4n) is 6.10. The van der Waals surface area contributed by atoms with E-state index in [1.54, 1.807) is 4.68 Å². The Balaban J connectivity index is 1.04. The molecule has 0 radical (unpaired) electrons. The molecule has 1 N–H and O–H groups in total. The molecule has 39 heavy (non-hydrogen) atoms. The smallest absolute Gasteiger partial charge is 0.317 e. The van der Waals surface area contributed by atoms with E-state index in [-0.39, 0.29) is 6.10 Å². The van der Waals surface area contributed by atoms with Crippen molar-refractivity contribution in [3.63, 3.8) is 0 Å². The van der Waals surface area contributed by atoms with Gasteiger partial charge in [-0.25, -0.2) is 4.98 Å². The standard InChI is InChI=1S/C28H33N5O5S/c1-28(23-8-10-31(2)30-23)37-21-5-3-4-19(25(21)38-28)17-6-11-32(12-7-17)16-24-29-26-20(14-22(39-26)27(34)35)33(24)15-18-9-13-36-18/h3-5,8,10,17-18,22H,6-7,9,11-16H2,1-2H3,(H,34,35)/t18-,22?,28+/m0/s1. The fraction of sp³-hybridized carbons (Fsp3) is 0.536. The summed E-state index contributed by atoms with van der Waals surface area (Å²) < 4.78 is 22.4. The molecule has 11 heteroatoms. The Kier molecular flexibility index (Phi) is 6.13. The first-order valence-corrected chi connectivity index (χ1v) is 14.6. The summed E-state index contributed by atoms with van der Waals surface area (Å²) in [6.45, 7) is 6.14. The van der Waals surface area contributed by atoms with E-state index in [0.717, 1.165) is 85.8 Å². The molecule has 6 heterocycles. The zero-order valence-electron chi connectivity index (χ0n) is 22.2. The Morgan fingerprint density at radius 1 is 1.21 bits per heavy atom. The number of fused-ring (bicyclic) bond motifs is 2. The molecule has 10 nitrogen and oxygen atoms in total. The Morgan fingerprint density at radius 2 is 2.03 bits per heavy atom. The van der Waals surface area contributed by atoms with Crippen molar-refractivity contribution < 1.29 is 24.1 Å². The number of carbonyl (C=O) groups is 1. The lowest BCUT2D eigenvalue weighted by Gasteiger charge is -2.33. The SMILES string of the molecule is Cn1ccc([C@]2(C)Oc3cccc(C4CCN(Cc5nc6c(n5C[C@@H]5CCO5)CC(C(=O)O)S6)CC4)c3O2)n1. The van der Waals surface area contributed by atoms with E-state index in [1.165, 1.54) is 17.3 Å². The highest BCUT2D eigenvalue weighted by Gasteiger charge is 2.43. The Bertz CT molecular complexity index is 1410. The van der Waals surface area contributed by atoms with Crippen LogP contribution in [0.5, 0.6) is 11.5 Å². The second kappa shape index (κ2) is 9.57. The number of hydrogen-bond donors (Lipinski definition) is 1. The zero-order valence-corrected chi connectivity index (χ0v) is 23.0. The molecule has 2 fully saturated rings. The summed E-state index contributed by atoms with van der Waals surface area (Å²) in [6, 6.07) is 8.12. The molecule has 0 amide bonds. The number of para-hydroxylation sites is 1. The summed E-state index contributed by atoms with van der Waals surface area (Å²) in [5, 5.41) is 14.5. The first kappa shape index (κ1) is 25.0. The van der Waals surface area contributed by atoms with Crippen LogP contribution in [0.2, 0.25) is 0 Å². The van der Waals surface area contributed by atoms with Gasteiger partial charge < -0.3 is 23.9 Å².